The summed E-state index contributed by atoms with van der Waals surface area (Å²) in [5.74, 6) is 7.56. The maximum absolute atomic E-state index is 12.4. The second-order valence-electron chi connectivity index (χ2n) is 7.04. The van der Waals surface area contributed by atoms with Crippen molar-refractivity contribution in [1.82, 2.24) is 14.9 Å². The Morgan fingerprint density at radius 1 is 1.33 bits per heavy atom. The number of rotatable bonds is 7. The van der Waals surface area contributed by atoms with E-state index in [1.165, 1.54) is 48.5 Å². The number of carbonyl (C=O) groups excluding carboxylic acids is 1. The average Bonchev–Trinajstić information content (AvgIpc) is 3.02. The topological polar surface area (TPSA) is 85.8 Å². The number of anilines is 1. The van der Waals surface area contributed by atoms with Crippen molar-refractivity contribution in [3.63, 3.8) is 0 Å². The molecule has 1 amide bonds. The fraction of sp³-hybridized carbons (Fsp3) is 0.526. The number of nitrogens with two attached hydrogens (primary N) is 1. The highest BCUT2D eigenvalue weighted by molar-refractivity contribution is 8.00. The summed E-state index contributed by atoms with van der Waals surface area (Å²) in [7, 11) is 0. The molecule has 0 unspecified atom stereocenters. The van der Waals surface area contributed by atoms with Crippen LogP contribution in [0.2, 0.25) is 5.02 Å². The summed E-state index contributed by atoms with van der Waals surface area (Å²) in [5.41, 5.74) is 0.596. The molecule has 1 aliphatic carbocycles. The minimum Gasteiger partial charge on any atom is -0.336 e. The Labute approximate surface area is 169 Å². The molecule has 0 radical (unpaired) electrons. The number of amides is 1. The number of aryl methyl sites for hydroxylation is 1. The van der Waals surface area contributed by atoms with Crippen molar-refractivity contribution in [3.8, 4) is 0 Å². The molecule has 1 saturated carbocycles. The van der Waals surface area contributed by atoms with Crippen LogP contribution in [0.5, 0.6) is 0 Å². The van der Waals surface area contributed by atoms with Gasteiger partial charge in [0.05, 0.1) is 16.0 Å². The SMILES string of the molecule is C[C@@H](Sc1nnc(CCC2CCCCC2)n1N)C(=O)Nc1ccccc1Cl. The van der Waals surface area contributed by atoms with Crippen LogP contribution in [0.15, 0.2) is 29.4 Å². The van der Waals surface area contributed by atoms with Gasteiger partial charge < -0.3 is 11.2 Å². The summed E-state index contributed by atoms with van der Waals surface area (Å²) in [5, 5.41) is 11.9. The predicted octanol–water partition coefficient (Wildman–Crippen LogP) is 4.28. The Balaban J connectivity index is 1.54. The molecule has 1 fully saturated rings. The molecular weight excluding hydrogens is 382 g/mol. The molecule has 0 bridgehead atoms. The molecule has 0 spiro atoms. The normalized spacial score (nSPS) is 16.2. The zero-order valence-corrected chi connectivity index (χ0v) is 17.1. The van der Waals surface area contributed by atoms with Gasteiger partial charge in [0.2, 0.25) is 11.1 Å². The standard InChI is InChI=1S/C19H26ClN5OS/c1-13(18(26)22-16-10-6-5-9-15(16)20)27-19-24-23-17(25(19)21)12-11-14-7-3-2-4-8-14/h5-6,9-10,13-14H,2-4,7-8,11-12,21H2,1H3,(H,22,26)/t13-/m1/s1. The van der Waals surface area contributed by atoms with E-state index in [0.29, 0.717) is 15.9 Å². The number of halogens is 1. The largest absolute Gasteiger partial charge is 0.336 e. The van der Waals surface area contributed by atoms with Crippen LogP contribution in [-0.2, 0) is 11.2 Å². The van der Waals surface area contributed by atoms with E-state index < -0.39 is 0 Å². The lowest BCUT2D eigenvalue weighted by Gasteiger charge is -2.20. The van der Waals surface area contributed by atoms with Crippen LogP contribution >= 0.6 is 23.4 Å². The molecule has 1 aromatic carbocycles. The smallest absolute Gasteiger partial charge is 0.237 e. The van der Waals surface area contributed by atoms with Gasteiger partial charge in [-0.2, -0.15) is 0 Å². The molecule has 0 aliphatic heterocycles. The average molecular weight is 408 g/mol. The van der Waals surface area contributed by atoms with Crippen LogP contribution in [-0.4, -0.2) is 26.0 Å². The van der Waals surface area contributed by atoms with Gasteiger partial charge in [0.25, 0.3) is 0 Å². The number of aromatic nitrogens is 3. The number of nitrogens with one attached hydrogen (secondary N) is 1. The van der Waals surface area contributed by atoms with Crippen molar-refractivity contribution in [3.05, 3.63) is 35.1 Å². The van der Waals surface area contributed by atoms with Crippen LogP contribution in [0.25, 0.3) is 0 Å². The summed E-state index contributed by atoms with van der Waals surface area (Å²) >= 11 is 7.39. The van der Waals surface area contributed by atoms with Crippen LogP contribution < -0.4 is 11.2 Å². The van der Waals surface area contributed by atoms with Gasteiger partial charge >= 0.3 is 0 Å². The highest BCUT2D eigenvalue weighted by Crippen LogP contribution is 2.28. The lowest BCUT2D eigenvalue weighted by Crippen LogP contribution is -2.24. The molecule has 1 heterocycles. The summed E-state index contributed by atoms with van der Waals surface area (Å²) < 4.78 is 1.52. The second kappa shape index (κ2) is 9.46. The third-order valence-corrected chi connectivity index (χ3v) is 6.41. The first-order valence-electron chi connectivity index (χ1n) is 9.46. The Kier molecular flexibility index (Phi) is 7.01. The Hall–Kier alpha value is -1.73. The van der Waals surface area contributed by atoms with Crippen molar-refractivity contribution in [2.75, 3.05) is 11.2 Å². The summed E-state index contributed by atoms with van der Waals surface area (Å²) in [6.07, 6.45) is 8.56. The van der Waals surface area contributed by atoms with E-state index in [-0.39, 0.29) is 11.2 Å². The second-order valence-corrected chi connectivity index (χ2v) is 8.76. The van der Waals surface area contributed by atoms with E-state index in [9.17, 15) is 4.79 Å². The molecule has 8 heteroatoms. The molecule has 1 atom stereocenters. The van der Waals surface area contributed by atoms with Crippen molar-refractivity contribution in [2.45, 2.75) is 62.3 Å². The van der Waals surface area contributed by atoms with Gasteiger partial charge in [-0.3, -0.25) is 4.79 Å². The molecule has 146 valence electrons. The highest BCUT2D eigenvalue weighted by Gasteiger charge is 2.21. The summed E-state index contributed by atoms with van der Waals surface area (Å²) in [4.78, 5) is 12.4. The number of carbonyl (C=O) groups is 1. The fourth-order valence-electron chi connectivity index (χ4n) is 3.38. The van der Waals surface area contributed by atoms with Gasteiger partial charge in [-0.1, -0.05) is 67.6 Å². The predicted molar refractivity (Wildman–Crippen MR) is 110 cm³/mol. The summed E-state index contributed by atoms with van der Waals surface area (Å²) in [6.45, 7) is 1.81. The molecule has 0 saturated heterocycles. The number of benzene rings is 1. The van der Waals surface area contributed by atoms with E-state index in [1.807, 2.05) is 19.1 Å². The minimum absolute atomic E-state index is 0.153. The molecule has 1 aliphatic rings. The molecular formula is C19H26ClN5OS. The van der Waals surface area contributed by atoms with Gasteiger partial charge in [-0.05, 0) is 31.4 Å². The number of nitrogens with zero attached hydrogens (tertiary/aromatic N) is 3. The molecule has 1 aromatic heterocycles. The summed E-state index contributed by atoms with van der Waals surface area (Å²) in [6, 6.07) is 7.16. The maximum Gasteiger partial charge on any atom is 0.237 e. The molecule has 27 heavy (non-hydrogen) atoms. The lowest BCUT2D eigenvalue weighted by molar-refractivity contribution is -0.115. The Bertz CT molecular complexity index is 775. The first-order chi connectivity index (χ1) is 13.0. The van der Waals surface area contributed by atoms with Gasteiger partial charge in [0.15, 0.2) is 5.82 Å². The Morgan fingerprint density at radius 3 is 2.81 bits per heavy atom. The van der Waals surface area contributed by atoms with Crippen LogP contribution in [0.4, 0.5) is 5.69 Å². The number of nitrogen functional groups attached to an aromatic ring is 1. The number of thioether (sulfide) groups is 1. The van der Waals surface area contributed by atoms with Crippen molar-refractivity contribution in [1.29, 1.82) is 0 Å². The fourth-order valence-corrected chi connectivity index (χ4v) is 4.35. The van der Waals surface area contributed by atoms with Crippen LogP contribution in [0, 0.1) is 5.92 Å². The van der Waals surface area contributed by atoms with E-state index in [2.05, 4.69) is 15.5 Å². The van der Waals surface area contributed by atoms with E-state index in [1.54, 1.807) is 12.1 Å². The van der Waals surface area contributed by atoms with Crippen molar-refractivity contribution in [2.24, 2.45) is 5.92 Å². The van der Waals surface area contributed by atoms with Gasteiger partial charge in [0.1, 0.15) is 0 Å². The van der Waals surface area contributed by atoms with E-state index in [0.717, 1.165) is 24.6 Å². The lowest BCUT2D eigenvalue weighted by atomic mass is 9.86. The molecule has 3 rings (SSSR count). The monoisotopic (exact) mass is 407 g/mol. The van der Waals surface area contributed by atoms with E-state index >= 15 is 0 Å². The first-order valence-corrected chi connectivity index (χ1v) is 10.7. The molecule has 3 N–H and O–H groups in total. The quantitative estimate of drug-likeness (QED) is 0.528. The minimum atomic E-state index is -0.376. The zero-order chi connectivity index (χ0) is 19.2. The zero-order valence-electron chi connectivity index (χ0n) is 15.5. The van der Waals surface area contributed by atoms with Crippen LogP contribution in [0.3, 0.4) is 0 Å². The number of hydrogen-bond acceptors (Lipinski definition) is 5. The number of para-hydroxylation sites is 1. The van der Waals surface area contributed by atoms with Gasteiger partial charge in [-0.15, -0.1) is 10.2 Å². The van der Waals surface area contributed by atoms with Crippen molar-refractivity contribution < 1.29 is 4.79 Å². The highest BCUT2D eigenvalue weighted by atomic mass is 35.5. The third-order valence-electron chi connectivity index (χ3n) is 5.02. The maximum atomic E-state index is 12.4. The van der Waals surface area contributed by atoms with Gasteiger partial charge in [-0.25, -0.2) is 4.68 Å². The van der Waals surface area contributed by atoms with E-state index in [4.69, 9.17) is 17.4 Å². The third kappa shape index (κ3) is 5.39. The van der Waals surface area contributed by atoms with Crippen LogP contribution in [0.1, 0.15) is 51.3 Å². The first kappa shape index (κ1) is 20.0. The number of hydrogen-bond donors (Lipinski definition) is 2. The van der Waals surface area contributed by atoms with Crippen molar-refractivity contribution >= 4 is 35.0 Å². The molecule has 6 nitrogen and oxygen atoms in total. The Morgan fingerprint density at radius 2 is 2.07 bits per heavy atom. The van der Waals surface area contributed by atoms with Gasteiger partial charge in [0, 0.05) is 6.42 Å². The molecule has 2 aromatic rings.